The molecule has 1 aromatic rings. The lowest BCUT2D eigenvalue weighted by molar-refractivity contribution is 0.353. The van der Waals surface area contributed by atoms with Crippen LogP contribution in [0.3, 0.4) is 0 Å². The number of ether oxygens (including phenoxy) is 1. The zero-order chi connectivity index (χ0) is 14.0. The SMILES string of the molecule is COc1cnc(Cl)nc1NO[Si](C)(C)C(C)(C)C. The van der Waals surface area contributed by atoms with Crippen molar-refractivity contribution in [2.24, 2.45) is 0 Å². The van der Waals surface area contributed by atoms with Gasteiger partial charge in [-0.2, -0.15) is 4.98 Å². The molecule has 1 heterocycles. The highest BCUT2D eigenvalue weighted by Crippen LogP contribution is 2.37. The molecule has 0 radical (unpaired) electrons. The summed E-state index contributed by atoms with van der Waals surface area (Å²) in [7, 11) is -0.365. The Hall–Kier alpha value is -0.853. The van der Waals surface area contributed by atoms with Crippen LogP contribution in [0.25, 0.3) is 0 Å². The predicted octanol–water partition coefficient (Wildman–Crippen LogP) is 3.49. The summed E-state index contributed by atoms with van der Waals surface area (Å²) in [6.07, 6.45) is 1.51. The normalized spacial score (nSPS) is 12.4. The van der Waals surface area contributed by atoms with E-state index < -0.39 is 8.32 Å². The van der Waals surface area contributed by atoms with Crippen molar-refractivity contribution in [3.05, 3.63) is 11.5 Å². The minimum absolute atomic E-state index is 0.101. The van der Waals surface area contributed by atoms with Crippen molar-refractivity contribution in [2.45, 2.75) is 38.9 Å². The zero-order valence-electron chi connectivity index (χ0n) is 11.7. The van der Waals surface area contributed by atoms with Crippen molar-refractivity contribution in [3.63, 3.8) is 0 Å². The van der Waals surface area contributed by atoms with Crippen molar-refractivity contribution >= 4 is 25.7 Å². The highest BCUT2D eigenvalue weighted by Gasteiger charge is 2.38. The molecule has 1 rings (SSSR count). The van der Waals surface area contributed by atoms with Crippen molar-refractivity contribution in [1.29, 1.82) is 0 Å². The van der Waals surface area contributed by atoms with Crippen LogP contribution in [0.5, 0.6) is 5.75 Å². The first kappa shape index (κ1) is 15.2. The number of aromatic nitrogens is 2. The third kappa shape index (κ3) is 3.57. The van der Waals surface area contributed by atoms with Gasteiger partial charge < -0.3 is 9.26 Å². The maximum absolute atomic E-state index is 5.84. The lowest BCUT2D eigenvalue weighted by atomic mass is 10.2. The highest BCUT2D eigenvalue weighted by atomic mass is 35.5. The Morgan fingerprint density at radius 3 is 2.44 bits per heavy atom. The van der Waals surface area contributed by atoms with Gasteiger partial charge in [-0.05, 0) is 29.7 Å². The molecule has 0 saturated heterocycles. The summed E-state index contributed by atoms with van der Waals surface area (Å²) < 4.78 is 11.0. The predicted molar refractivity (Wildman–Crippen MR) is 75.5 cm³/mol. The standard InChI is InChI=1S/C11H20ClN3O2Si/c1-11(2,3)18(5,6)17-15-9-8(16-4)7-13-10(12)14-9/h7H,1-6H3,(H,13,14,15). The fourth-order valence-corrected chi connectivity index (χ4v) is 1.69. The van der Waals surface area contributed by atoms with Crippen molar-refractivity contribution in [3.8, 4) is 5.75 Å². The lowest BCUT2D eigenvalue weighted by Crippen LogP contribution is -2.42. The van der Waals surface area contributed by atoms with Gasteiger partial charge >= 0.3 is 0 Å². The molecular weight excluding hydrogens is 270 g/mol. The topological polar surface area (TPSA) is 56.3 Å². The first-order valence-corrected chi connectivity index (χ1v) is 8.96. The van der Waals surface area contributed by atoms with Gasteiger partial charge in [0.1, 0.15) is 0 Å². The Morgan fingerprint density at radius 1 is 1.33 bits per heavy atom. The van der Waals surface area contributed by atoms with E-state index in [0.29, 0.717) is 11.6 Å². The summed E-state index contributed by atoms with van der Waals surface area (Å²) in [5.41, 5.74) is 2.85. The van der Waals surface area contributed by atoms with E-state index in [-0.39, 0.29) is 10.3 Å². The third-order valence-electron chi connectivity index (χ3n) is 3.15. The Balaban J connectivity index is 2.83. The molecule has 1 aromatic heterocycles. The van der Waals surface area contributed by atoms with E-state index in [1.54, 1.807) is 7.11 Å². The Bertz CT molecular complexity index is 421. The molecule has 0 aliphatic carbocycles. The van der Waals surface area contributed by atoms with Gasteiger partial charge in [0.25, 0.3) is 0 Å². The Kier molecular flexibility index (Phi) is 4.58. The van der Waals surface area contributed by atoms with Gasteiger partial charge in [-0.1, -0.05) is 20.8 Å². The first-order valence-electron chi connectivity index (χ1n) is 5.68. The molecular formula is C11H20ClN3O2Si. The van der Waals surface area contributed by atoms with Crippen LogP contribution in [0.4, 0.5) is 5.82 Å². The minimum atomic E-state index is -1.91. The van der Waals surface area contributed by atoms with Crippen LogP contribution in [-0.4, -0.2) is 25.4 Å². The van der Waals surface area contributed by atoms with Gasteiger partial charge in [0.15, 0.2) is 11.6 Å². The molecule has 0 aliphatic heterocycles. The maximum Gasteiger partial charge on any atom is 0.228 e. The van der Waals surface area contributed by atoms with E-state index in [1.165, 1.54) is 6.20 Å². The number of hydrogen-bond donors (Lipinski definition) is 1. The van der Waals surface area contributed by atoms with Crippen LogP contribution in [0.15, 0.2) is 6.20 Å². The summed E-state index contributed by atoms with van der Waals surface area (Å²) in [6.45, 7) is 10.7. The van der Waals surface area contributed by atoms with E-state index >= 15 is 0 Å². The fourth-order valence-electron chi connectivity index (χ4n) is 0.901. The summed E-state index contributed by atoms with van der Waals surface area (Å²) in [6, 6.07) is 0. The zero-order valence-corrected chi connectivity index (χ0v) is 13.4. The number of methoxy groups -OCH3 is 1. The van der Waals surface area contributed by atoms with Crippen molar-refractivity contribution < 1.29 is 9.26 Å². The quantitative estimate of drug-likeness (QED) is 0.522. The van der Waals surface area contributed by atoms with Gasteiger partial charge in [-0.15, -0.1) is 0 Å². The molecule has 0 aromatic carbocycles. The van der Waals surface area contributed by atoms with Crippen LogP contribution >= 0.6 is 11.6 Å². The van der Waals surface area contributed by atoms with Crippen LogP contribution in [0, 0.1) is 0 Å². The number of anilines is 1. The summed E-state index contributed by atoms with van der Waals surface area (Å²) in [4.78, 5) is 7.89. The van der Waals surface area contributed by atoms with Crippen molar-refractivity contribution in [2.75, 3.05) is 12.6 Å². The van der Waals surface area contributed by atoms with Crippen LogP contribution in [0.1, 0.15) is 20.8 Å². The molecule has 0 unspecified atom stereocenters. The summed E-state index contributed by atoms with van der Waals surface area (Å²) in [5, 5.41) is 0.251. The smallest absolute Gasteiger partial charge is 0.228 e. The average molecular weight is 290 g/mol. The Morgan fingerprint density at radius 2 is 1.94 bits per heavy atom. The molecule has 0 spiro atoms. The number of nitrogens with zero attached hydrogens (tertiary/aromatic N) is 2. The molecule has 1 N–H and O–H groups in total. The second-order valence-corrected chi connectivity index (χ2v) is 10.6. The van der Waals surface area contributed by atoms with Crippen LogP contribution in [-0.2, 0) is 4.53 Å². The molecule has 0 aliphatic rings. The number of halogens is 1. The van der Waals surface area contributed by atoms with Gasteiger partial charge in [-0.25, -0.2) is 4.98 Å². The van der Waals surface area contributed by atoms with Gasteiger partial charge in [0.2, 0.25) is 13.6 Å². The monoisotopic (exact) mass is 289 g/mol. The first-order chi connectivity index (χ1) is 8.17. The molecule has 7 heteroatoms. The minimum Gasteiger partial charge on any atom is -0.491 e. The average Bonchev–Trinajstić information content (AvgIpc) is 2.25. The van der Waals surface area contributed by atoms with Gasteiger partial charge in [0, 0.05) is 0 Å². The van der Waals surface area contributed by atoms with E-state index in [9.17, 15) is 0 Å². The summed E-state index contributed by atoms with van der Waals surface area (Å²) in [5.74, 6) is 0.945. The van der Waals surface area contributed by atoms with Crippen LogP contribution in [0.2, 0.25) is 23.4 Å². The van der Waals surface area contributed by atoms with Gasteiger partial charge in [-0.3, -0.25) is 5.48 Å². The maximum atomic E-state index is 5.84. The number of hydrogen-bond acceptors (Lipinski definition) is 5. The van der Waals surface area contributed by atoms with Gasteiger partial charge in [0.05, 0.1) is 13.3 Å². The molecule has 0 fully saturated rings. The fraction of sp³-hybridized carbons (Fsp3) is 0.636. The number of nitrogens with one attached hydrogen (secondary N) is 1. The molecule has 0 bridgehead atoms. The van der Waals surface area contributed by atoms with E-state index in [4.69, 9.17) is 20.9 Å². The molecule has 0 atom stereocenters. The lowest BCUT2D eigenvalue weighted by Gasteiger charge is -2.35. The van der Waals surface area contributed by atoms with Crippen LogP contribution < -0.4 is 10.2 Å². The van der Waals surface area contributed by atoms with E-state index in [2.05, 4.69) is 49.3 Å². The second-order valence-electron chi connectivity index (χ2n) is 5.52. The van der Waals surface area contributed by atoms with E-state index in [0.717, 1.165) is 0 Å². The van der Waals surface area contributed by atoms with Crippen molar-refractivity contribution in [1.82, 2.24) is 9.97 Å². The number of rotatable bonds is 4. The molecule has 0 saturated carbocycles. The molecule has 5 nitrogen and oxygen atoms in total. The summed E-state index contributed by atoms with van der Waals surface area (Å²) >= 11 is 5.75. The second kappa shape index (κ2) is 5.42. The molecule has 0 amide bonds. The largest absolute Gasteiger partial charge is 0.491 e. The molecule has 18 heavy (non-hydrogen) atoms. The third-order valence-corrected chi connectivity index (χ3v) is 7.56. The Labute approximate surface area is 114 Å². The van der Waals surface area contributed by atoms with E-state index in [1.807, 2.05) is 0 Å². The highest BCUT2D eigenvalue weighted by molar-refractivity contribution is 6.74. The molecule has 102 valence electrons.